The Bertz CT molecular complexity index is 924. The van der Waals surface area contributed by atoms with Crippen molar-refractivity contribution in [1.82, 2.24) is 9.78 Å². The molecule has 0 radical (unpaired) electrons. The van der Waals surface area contributed by atoms with E-state index >= 15 is 0 Å². The minimum absolute atomic E-state index is 0.626. The van der Waals surface area contributed by atoms with Gasteiger partial charge in [-0.2, -0.15) is 5.10 Å². The zero-order chi connectivity index (χ0) is 17.8. The van der Waals surface area contributed by atoms with E-state index in [-0.39, 0.29) is 0 Å². The molecular weight excluding hydrogens is 320 g/mol. The van der Waals surface area contributed by atoms with Crippen LogP contribution in [0.15, 0.2) is 103 Å². The van der Waals surface area contributed by atoms with E-state index < -0.39 is 5.54 Å². The van der Waals surface area contributed by atoms with Crippen LogP contribution in [0.25, 0.3) is 0 Å². The van der Waals surface area contributed by atoms with Crippen molar-refractivity contribution in [2.75, 3.05) is 7.11 Å². The van der Waals surface area contributed by atoms with Crippen LogP contribution in [0.5, 0.6) is 5.75 Å². The van der Waals surface area contributed by atoms with Crippen LogP contribution < -0.4 is 4.74 Å². The largest absolute Gasteiger partial charge is 0.496 e. The van der Waals surface area contributed by atoms with Gasteiger partial charge in [0, 0.05) is 18.0 Å². The summed E-state index contributed by atoms with van der Waals surface area (Å²) in [5.41, 5.74) is 2.67. The maximum absolute atomic E-state index is 5.75. The molecule has 4 rings (SSSR count). The van der Waals surface area contributed by atoms with E-state index in [0.29, 0.717) is 0 Å². The monoisotopic (exact) mass is 340 g/mol. The van der Waals surface area contributed by atoms with Gasteiger partial charge < -0.3 is 4.74 Å². The van der Waals surface area contributed by atoms with E-state index in [1.54, 1.807) is 7.11 Å². The molecule has 1 aromatic heterocycles. The molecule has 3 nitrogen and oxygen atoms in total. The van der Waals surface area contributed by atoms with Crippen molar-refractivity contribution >= 4 is 0 Å². The number of hydrogen-bond acceptors (Lipinski definition) is 2. The first-order chi connectivity index (χ1) is 12.9. The van der Waals surface area contributed by atoms with E-state index in [2.05, 4.69) is 59.7 Å². The standard InChI is InChI=1S/C23H20N2O/c1-26-22-16-9-8-15-21(22)23(25-18-10-17-24-25,19-11-4-2-5-12-19)20-13-6-3-7-14-20/h2-18H,1H3. The highest BCUT2D eigenvalue weighted by molar-refractivity contribution is 5.55. The predicted octanol–water partition coefficient (Wildman–Crippen LogP) is 4.73. The Morgan fingerprint density at radius 3 is 1.85 bits per heavy atom. The lowest BCUT2D eigenvalue weighted by Gasteiger charge is -2.37. The van der Waals surface area contributed by atoms with Gasteiger partial charge in [-0.1, -0.05) is 78.9 Å². The number of benzene rings is 3. The first kappa shape index (κ1) is 16.2. The third kappa shape index (κ3) is 2.49. The van der Waals surface area contributed by atoms with Gasteiger partial charge >= 0.3 is 0 Å². The van der Waals surface area contributed by atoms with E-state index in [0.717, 1.165) is 22.4 Å². The van der Waals surface area contributed by atoms with Gasteiger partial charge in [-0.15, -0.1) is 0 Å². The van der Waals surface area contributed by atoms with Crippen molar-refractivity contribution in [2.24, 2.45) is 0 Å². The van der Waals surface area contributed by atoms with Crippen molar-refractivity contribution < 1.29 is 4.74 Å². The first-order valence-corrected chi connectivity index (χ1v) is 8.62. The summed E-state index contributed by atoms with van der Waals surface area (Å²) in [5, 5.41) is 4.65. The van der Waals surface area contributed by atoms with Gasteiger partial charge in [-0.05, 0) is 23.3 Å². The highest BCUT2D eigenvalue weighted by atomic mass is 16.5. The van der Waals surface area contributed by atoms with Crippen molar-refractivity contribution in [2.45, 2.75) is 5.54 Å². The molecule has 0 amide bonds. The quantitative estimate of drug-likeness (QED) is 0.491. The number of rotatable bonds is 5. The van der Waals surface area contributed by atoms with Gasteiger partial charge in [-0.25, -0.2) is 0 Å². The van der Waals surface area contributed by atoms with Crippen molar-refractivity contribution in [1.29, 1.82) is 0 Å². The lowest BCUT2D eigenvalue weighted by atomic mass is 9.76. The molecule has 0 unspecified atom stereocenters. The number of aromatic nitrogens is 2. The van der Waals surface area contributed by atoms with Gasteiger partial charge in [0.25, 0.3) is 0 Å². The molecule has 0 atom stereocenters. The molecule has 4 aromatic rings. The zero-order valence-corrected chi connectivity index (χ0v) is 14.6. The third-order valence-corrected chi connectivity index (χ3v) is 4.73. The molecular formula is C23H20N2O. The molecule has 3 aromatic carbocycles. The van der Waals surface area contributed by atoms with Crippen LogP contribution in [0.3, 0.4) is 0 Å². The lowest BCUT2D eigenvalue weighted by molar-refractivity contribution is 0.383. The topological polar surface area (TPSA) is 27.1 Å². The maximum atomic E-state index is 5.75. The van der Waals surface area contributed by atoms with Crippen molar-refractivity contribution in [3.8, 4) is 5.75 Å². The third-order valence-electron chi connectivity index (χ3n) is 4.73. The van der Waals surface area contributed by atoms with E-state index in [4.69, 9.17) is 4.74 Å². The normalized spacial score (nSPS) is 11.3. The fraction of sp³-hybridized carbons (Fsp3) is 0.0870. The highest BCUT2D eigenvalue weighted by Crippen LogP contribution is 2.43. The Kier molecular flexibility index (Phi) is 4.28. The number of methoxy groups -OCH3 is 1. The average Bonchev–Trinajstić information content (AvgIpc) is 3.26. The number of ether oxygens (including phenoxy) is 1. The van der Waals surface area contributed by atoms with Crippen molar-refractivity contribution in [3.05, 3.63) is 120 Å². The summed E-state index contributed by atoms with van der Waals surface area (Å²) >= 11 is 0. The second-order valence-corrected chi connectivity index (χ2v) is 6.09. The molecule has 1 heterocycles. The van der Waals surface area contributed by atoms with Gasteiger partial charge in [0.05, 0.1) is 7.11 Å². The van der Waals surface area contributed by atoms with E-state index in [1.807, 2.05) is 53.5 Å². The summed E-state index contributed by atoms with van der Waals surface area (Å²) in [6.07, 6.45) is 3.82. The molecule has 0 aliphatic heterocycles. The Morgan fingerprint density at radius 2 is 1.31 bits per heavy atom. The zero-order valence-electron chi connectivity index (χ0n) is 14.6. The molecule has 0 aliphatic rings. The number of nitrogens with zero attached hydrogens (tertiary/aromatic N) is 2. The van der Waals surface area contributed by atoms with Crippen molar-refractivity contribution in [3.63, 3.8) is 0 Å². The predicted molar refractivity (Wildman–Crippen MR) is 103 cm³/mol. The molecule has 0 saturated carbocycles. The van der Waals surface area contributed by atoms with Crippen LogP contribution in [0, 0.1) is 0 Å². The molecule has 0 saturated heterocycles. The molecule has 0 aliphatic carbocycles. The van der Waals surface area contributed by atoms with Crippen LogP contribution in [-0.2, 0) is 5.54 Å². The Hall–Kier alpha value is -3.33. The lowest BCUT2D eigenvalue weighted by Crippen LogP contribution is -2.38. The minimum Gasteiger partial charge on any atom is -0.496 e. The second kappa shape index (κ2) is 6.89. The fourth-order valence-electron chi connectivity index (χ4n) is 3.64. The summed E-state index contributed by atoms with van der Waals surface area (Å²) < 4.78 is 7.76. The summed E-state index contributed by atoms with van der Waals surface area (Å²) in [7, 11) is 1.71. The van der Waals surface area contributed by atoms with Gasteiger partial charge in [-0.3, -0.25) is 4.68 Å². The molecule has 3 heteroatoms. The fourth-order valence-corrected chi connectivity index (χ4v) is 3.64. The Balaban J connectivity index is 2.15. The van der Waals surface area contributed by atoms with Crippen LogP contribution in [0.1, 0.15) is 16.7 Å². The summed E-state index contributed by atoms with van der Waals surface area (Å²) in [4.78, 5) is 0. The summed E-state index contributed by atoms with van der Waals surface area (Å²) in [6, 6.07) is 31.0. The molecule has 0 N–H and O–H groups in total. The van der Waals surface area contributed by atoms with Gasteiger partial charge in [0.15, 0.2) is 0 Å². The first-order valence-electron chi connectivity index (χ1n) is 8.62. The molecule has 26 heavy (non-hydrogen) atoms. The van der Waals surface area contributed by atoms with Gasteiger partial charge in [0.2, 0.25) is 0 Å². The van der Waals surface area contributed by atoms with E-state index in [1.165, 1.54) is 0 Å². The molecule has 0 bridgehead atoms. The molecule has 0 fully saturated rings. The van der Waals surface area contributed by atoms with E-state index in [9.17, 15) is 0 Å². The average molecular weight is 340 g/mol. The summed E-state index contributed by atoms with van der Waals surface area (Å²) in [5.74, 6) is 0.829. The Morgan fingerprint density at radius 1 is 0.731 bits per heavy atom. The van der Waals surface area contributed by atoms with Crippen LogP contribution in [0.4, 0.5) is 0 Å². The highest BCUT2D eigenvalue weighted by Gasteiger charge is 2.41. The molecule has 0 spiro atoms. The number of hydrogen-bond donors (Lipinski definition) is 0. The smallest absolute Gasteiger partial charge is 0.141 e. The number of para-hydroxylation sites is 1. The van der Waals surface area contributed by atoms with Crippen LogP contribution in [0.2, 0.25) is 0 Å². The molecule has 128 valence electrons. The van der Waals surface area contributed by atoms with Crippen LogP contribution in [-0.4, -0.2) is 16.9 Å². The SMILES string of the molecule is COc1ccccc1C(c1ccccc1)(c1ccccc1)n1cccn1. The minimum atomic E-state index is -0.626. The summed E-state index contributed by atoms with van der Waals surface area (Å²) in [6.45, 7) is 0. The Labute approximate surface area is 153 Å². The maximum Gasteiger partial charge on any atom is 0.141 e. The van der Waals surface area contributed by atoms with Crippen LogP contribution >= 0.6 is 0 Å². The van der Waals surface area contributed by atoms with Gasteiger partial charge in [0.1, 0.15) is 11.3 Å². The second-order valence-electron chi connectivity index (χ2n) is 6.09.